The van der Waals surface area contributed by atoms with Crippen molar-refractivity contribution in [2.75, 3.05) is 5.32 Å². The monoisotopic (exact) mass is 233 g/mol. The molecule has 2 aromatic rings. The molecule has 0 spiro atoms. The summed E-state index contributed by atoms with van der Waals surface area (Å²) in [5.74, 6) is 0.628. The summed E-state index contributed by atoms with van der Waals surface area (Å²) in [7, 11) is 0. The van der Waals surface area contributed by atoms with Crippen molar-refractivity contribution in [3.8, 4) is 0 Å². The van der Waals surface area contributed by atoms with E-state index in [2.05, 4.69) is 20.5 Å². The van der Waals surface area contributed by atoms with Crippen LogP contribution in [0.15, 0.2) is 30.6 Å². The molecule has 17 heavy (non-hydrogen) atoms. The smallest absolute Gasteiger partial charge is 0.292 e. The standard InChI is InChI=1S/C10H11N5O2/c1-7(10-11-6-12-14-10)13-8-4-2-3-5-9(8)15(16)17/h2-7,13H,1H3,(H,11,12,14). The van der Waals surface area contributed by atoms with Gasteiger partial charge < -0.3 is 5.32 Å². The second-order valence-corrected chi connectivity index (χ2v) is 3.51. The van der Waals surface area contributed by atoms with Crippen molar-refractivity contribution in [1.82, 2.24) is 15.2 Å². The Morgan fingerprint density at radius 1 is 1.47 bits per heavy atom. The predicted molar refractivity (Wildman–Crippen MR) is 61.5 cm³/mol. The van der Waals surface area contributed by atoms with Gasteiger partial charge in [0, 0.05) is 6.07 Å². The molecule has 0 amide bonds. The zero-order valence-corrected chi connectivity index (χ0v) is 9.12. The lowest BCUT2D eigenvalue weighted by Crippen LogP contribution is -2.09. The molecule has 7 nitrogen and oxygen atoms in total. The van der Waals surface area contributed by atoms with Crippen molar-refractivity contribution in [1.29, 1.82) is 0 Å². The molecule has 0 saturated heterocycles. The van der Waals surface area contributed by atoms with Crippen LogP contribution >= 0.6 is 0 Å². The van der Waals surface area contributed by atoms with Crippen LogP contribution in [0.4, 0.5) is 11.4 Å². The number of anilines is 1. The quantitative estimate of drug-likeness (QED) is 0.620. The molecular formula is C10H11N5O2. The van der Waals surface area contributed by atoms with Crippen LogP contribution in [0, 0.1) is 10.1 Å². The fraction of sp³-hybridized carbons (Fsp3) is 0.200. The van der Waals surface area contributed by atoms with E-state index in [9.17, 15) is 10.1 Å². The van der Waals surface area contributed by atoms with Crippen molar-refractivity contribution in [3.05, 3.63) is 46.5 Å². The Balaban J connectivity index is 2.21. The first-order valence-corrected chi connectivity index (χ1v) is 5.03. The molecule has 88 valence electrons. The summed E-state index contributed by atoms with van der Waals surface area (Å²) < 4.78 is 0. The minimum Gasteiger partial charge on any atom is -0.370 e. The zero-order valence-electron chi connectivity index (χ0n) is 9.12. The van der Waals surface area contributed by atoms with E-state index in [4.69, 9.17) is 0 Å². The molecular weight excluding hydrogens is 222 g/mol. The van der Waals surface area contributed by atoms with Crippen LogP contribution in [0.5, 0.6) is 0 Å². The van der Waals surface area contributed by atoms with E-state index >= 15 is 0 Å². The van der Waals surface area contributed by atoms with E-state index in [0.29, 0.717) is 11.5 Å². The second-order valence-electron chi connectivity index (χ2n) is 3.51. The molecule has 1 aromatic carbocycles. The Bertz CT molecular complexity index is 511. The molecule has 0 aliphatic rings. The first-order valence-electron chi connectivity index (χ1n) is 5.03. The van der Waals surface area contributed by atoms with Crippen LogP contribution in [0.2, 0.25) is 0 Å². The van der Waals surface area contributed by atoms with E-state index in [1.54, 1.807) is 18.2 Å². The summed E-state index contributed by atoms with van der Waals surface area (Å²) in [5.41, 5.74) is 0.500. The molecule has 1 unspecified atom stereocenters. The summed E-state index contributed by atoms with van der Waals surface area (Å²) in [4.78, 5) is 14.4. The van der Waals surface area contributed by atoms with E-state index in [1.807, 2.05) is 6.92 Å². The molecule has 0 radical (unpaired) electrons. The Morgan fingerprint density at radius 3 is 2.88 bits per heavy atom. The maximum atomic E-state index is 10.8. The van der Waals surface area contributed by atoms with Gasteiger partial charge in [-0.2, -0.15) is 5.10 Å². The van der Waals surface area contributed by atoms with Gasteiger partial charge >= 0.3 is 0 Å². The highest BCUT2D eigenvalue weighted by Gasteiger charge is 2.15. The molecule has 0 fully saturated rings. The first-order chi connectivity index (χ1) is 8.18. The van der Waals surface area contributed by atoms with Gasteiger partial charge in [-0.3, -0.25) is 15.2 Å². The third-order valence-corrected chi connectivity index (χ3v) is 2.32. The van der Waals surface area contributed by atoms with Crippen molar-refractivity contribution in [3.63, 3.8) is 0 Å². The Hall–Kier alpha value is -2.44. The Morgan fingerprint density at radius 2 is 2.24 bits per heavy atom. The average molecular weight is 233 g/mol. The van der Waals surface area contributed by atoms with E-state index < -0.39 is 4.92 Å². The number of hydrogen-bond acceptors (Lipinski definition) is 5. The number of aromatic amines is 1. The van der Waals surface area contributed by atoms with Gasteiger partial charge in [0.25, 0.3) is 5.69 Å². The largest absolute Gasteiger partial charge is 0.370 e. The van der Waals surface area contributed by atoms with Gasteiger partial charge in [0.2, 0.25) is 0 Å². The highest BCUT2D eigenvalue weighted by atomic mass is 16.6. The Labute approximate surface area is 97.0 Å². The maximum absolute atomic E-state index is 10.8. The van der Waals surface area contributed by atoms with Crippen LogP contribution in [-0.2, 0) is 0 Å². The number of aromatic nitrogens is 3. The minimum atomic E-state index is -0.421. The molecule has 0 bridgehead atoms. The van der Waals surface area contributed by atoms with Crippen LogP contribution in [0.3, 0.4) is 0 Å². The van der Waals surface area contributed by atoms with E-state index in [1.165, 1.54) is 12.4 Å². The molecule has 7 heteroatoms. The van der Waals surface area contributed by atoms with Gasteiger partial charge in [-0.25, -0.2) is 4.98 Å². The van der Waals surface area contributed by atoms with Crippen LogP contribution in [0.1, 0.15) is 18.8 Å². The molecule has 2 rings (SSSR count). The molecule has 2 N–H and O–H groups in total. The predicted octanol–water partition coefficient (Wildman–Crippen LogP) is 1.89. The first kappa shape index (κ1) is 11.1. The van der Waals surface area contributed by atoms with Gasteiger partial charge in [-0.05, 0) is 13.0 Å². The molecule has 1 heterocycles. The highest BCUT2D eigenvalue weighted by Crippen LogP contribution is 2.26. The number of nitrogens with one attached hydrogen (secondary N) is 2. The summed E-state index contributed by atoms with van der Waals surface area (Å²) in [6, 6.07) is 6.30. The molecule has 0 aliphatic carbocycles. The Kier molecular flexibility index (Phi) is 2.99. The molecule has 1 atom stereocenters. The van der Waals surface area contributed by atoms with Gasteiger partial charge in [-0.15, -0.1) is 0 Å². The molecule has 1 aromatic heterocycles. The summed E-state index contributed by atoms with van der Waals surface area (Å²) in [5, 5.41) is 20.3. The number of para-hydroxylation sites is 2. The fourth-order valence-electron chi connectivity index (χ4n) is 1.48. The normalized spacial score (nSPS) is 12.1. The third-order valence-electron chi connectivity index (χ3n) is 2.32. The fourth-order valence-corrected chi connectivity index (χ4v) is 1.48. The zero-order chi connectivity index (χ0) is 12.3. The minimum absolute atomic E-state index is 0.0406. The molecule has 0 aliphatic heterocycles. The maximum Gasteiger partial charge on any atom is 0.292 e. The van der Waals surface area contributed by atoms with Crippen LogP contribution < -0.4 is 5.32 Å². The molecule has 0 saturated carbocycles. The van der Waals surface area contributed by atoms with Gasteiger partial charge in [0.05, 0.1) is 11.0 Å². The van der Waals surface area contributed by atoms with Crippen molar-refractivity contribution >= 4 is 11.4 Å². The number of hydrogen-bond donors (Lipinski definition) is 2. The average Bonchev–Trinajstić information content (AvgIpc) is 2.83. The summed E-state index contributed by atoms with van der Waals surface area (Å²) in [6.45, 7) is 1.84. The lowest BCUT2D eigenvalue weighted by molar-refractivity contribution is -0.384. The van der Waals surface area contributed by atoms with Crippen LogP contribution in [0.25, 0.3) is 0 Å². The van der Waals surface area contributed by atoms with Crippen molar-refractivity contribution in [2.45, 2.75) is 13.0 Å². The number of benzene rings is 1. The second kappa shape index (κ2) is 4.60. The SMILES string of the molecule is CC(Nc1ccccc1[N+](=O)[O-])c1ncn[nH]1. The number of rotatable bonds is 4. The topological polar surface area (TPSA) is 96.7 Å². The van der Waals surface area contributed by atoms with E-state index in [-0.39, 0.29) is 11.7 Å². The van der Waals surface area contributed by atoms with Crippen molar-refractivity contribution in [2.24, 2.45) is 0 Å². The van der Waals surface area contributed by atoms with Gasteiger partial charge in [-0.1, -0.05) is 12.1 Å². The number of H-pyrrole nitrogens is 1. The number of nitro groups is 1. The highest BCUT2D eigenvalue weighted by molar-refractivity contribution is 5.61. The summed E-state index contributed by atoms with van der Waals surface area (Å²) >= 11 is 0. The third kappa shape index (κ3) is 2.39. The lowest BCUT2D eigenvalue weighted by Gasteiger charge is -2.12. The van der Waals surface area contributed by atoms with Gasteiger partial charge in [0.15, 0.2) is 0 Å². The lowest BCUT2D eigenvalue weighted by atomic mass is 10.2. The van der Waals surface area contributed by atoms with E-state index in [0.717, 1.165) is 0 Å². The van der Waals surface area contributed by atoms with Crippen molar-refractivity contribution < 1.29 is 4.92 Å². The van der Waals surface area contributed by atoms with Crippen LogP contribution in [-0.4, -0.2) is 20.1 Å². The van der Waals surface area contributed by atoms with Gasteiger partial charge in [0.1, 0.15) is 17.8 Å². The summed E-state index contributed by atoms with van der Waals surface area (Å²) in [6.07, 6.45) is 1.40. The number of nitro benzene ring substituents is 1. The number of nitrogens with zero attached hydrogens (tertiary/aromatic N) is 3.